The highest BCUT2D eigenvalue weighted by Crippen LogP contribution is 2.17. The minimum Gasteiger partial charge on any atom is -0.464 e. The second-order valence-corrected chi connectivity index (χ2v) is 5.37. The second kappa shape index (κ2) is 5.23. The number of carbonyl (C=O) groups is 1. The second-order valence-electron chi connectivity index (χ2n) is 2.67. The van der Waals surface area contributed by atoms with Crippen LogP contribution < -0.4 is 4.72 Å². The van der Waals surface area contributed by atoms with Gasteiger partial charge in [-0.3, -0.25) is 4.72 Å². The van der Waals surface area contributed by atoms with Crippen LogP contribution in [0.5, 0.6) is 0 Å². The molecule has 16 heavy (non-hydrogen) atoms. The van der Waals surface area contributed by atoms with E-state index in [0.717, 1.165) is 11.3 Å². The van der Waals surface area contributed by atoms with Crippen molar-refractivity contribution in [2.24, 2.45) is 0 Å². The van der Waals surface area contributed by atoms with Gasteiger partial charge in [-0.15, -0.1) is 11.3 Å². The van der Waals surface area contributed by atoms with E-state index in [-0.39, 0.29) is 10.8 Å². The quantitative estimate of drug-likeness (QED) is 0.706. The molecule has 0 unspecified atom stereocenters. The van der Waals surface area contributed by atoms with Gasteiger partial charge in [0.25, 0.3) is 0 Å². The molecule has 2 N–H and O–H groups in total. The summed E-state index contributed by atoms with van der Waals surface area (Å²) in [5.41, 5.74) is 0.0363. The van der Waals surface area contributed by atoms with Gasteiger partial charge in [-0.2, -0.15) is 0 Å². The molecule has 1 heterocycles. The summed E-state index contributed by atoms with van der Waals surface area (Å²) in [6, 6.07) is 0. The first kappa shape index (κ1) is 12.9. The van der Waals surface area contributed by atoms with E-state index in [0.29, 0.717) is 0 Å². The number of methoxy groups -OCH3 is 1. The van der Waals surface area contributed by atoms with Crippen molar-refractivity contribution in [1.29, 1.82) is 0 Å². The highest BCUT2D eigenvalue weighted by molar-refractivity contribution is 7.92. The van der Waals surface area contributed by atoms with Crippen LogP contribution in [-0.2, 0) is 14.8 Å². The number of aliphatic hydroxyl groups is 1. The first-order chi connectivity index (χ1) is 7.48. The van der Waals surface area contributed by atoms with Gasteiger partial charge >= 0.3 is 5.97 Å². The van der Waals surface area contributed by atoms with Crippen LogP contribution in [-0.4, -0.2) is 43.9 Å². The van der Waals surface area contributed by atoms with Crippen molar-refractivity contribution < 1.29 is 23.1 Å². The van der Waals surface area contributed by atoms with Crippen LogP contribution in [0, 0.1) is 0 Å². The first-order valence-electron chi connectivity index (χ1n) is 4.13. The maximum absolute atomic E-state index is 11.2. The van der Waals surface area contributed by atoms with Crippen LogP contribution in [0.2, 0.25) is 0 Å². The molecule has 0 saturated heterocycles. The Kier molecular flexibility index (Phi) is 4.21. The third kappa shape index (κ3) is 3.43. The zero-order valence-corrected chi connectivity index (χ0v) is 9.97. The van der Waals surface area contributed by atoms with Crippen molar-refractivity contribution in [2.45, 2.75) is 0 Å². The molecule has 90 valence electrons. The lowest BCUT2D eigenvalue weighted by atomic mass is 10.5. The summed E-state index contributed by atoms with van der Waals surface area (Å²) >= 11 is 0.962. The summed E-state index contributed by atoms with van der Waals surface area (Å²) in [6.45, 7) is -0.482. The van der Waals surface area contributed by atoms with E-state index in [2.05, 4.69) is 14.4 Å². The number of nitrogens with zero attached hydrogens (tertiary/aromatic N) is 1. The van der Waals surface area contributed by atoms with E-state index in [9.17, 15) is 13.2 Å². The number of esters is 1. The van der Waals surface area contributed by atoms with Gasteiger partial charge in [0, 0.05) is 5.38 Å². The summed E-state index contributed by atoms with van der Waals surface area (Å²) < 4.78 is 29.0. The monoisotopic (exact) mass is 266 g/mol. The van der Waals surface area contributed by atoms with Crippen LogP contribution in [0.4, 0.5) is 5.13 Å². The SMILES string of the molecule is COC(=O)c1csc(NS(=O)(=O)CCO)n1. The van der Waals surface area contributed by atoms with Crippen LogP contribution in [0.3, 0.4) is 0 Å². The third-order valence-electron chi connectivity index (χ3n) is 1.50. The van der Waals surface area contributed by atoms with Gasteiger partial charge in [0.15, 0.2) is 10.8 Å². The fraction of sp³-hybridized carbons (Fsp3) is 0.429. The van der Waals surface area contributed by atoms with Crippen molar-refractivity contribution in [3.05, 3.63) is 11.1 Å². The van der Waals surface area contributed by atoms with Gasteiger partial charge in [0.1, 0.15) is 0 Å². The number of hydrogen-bond acceptors (Lipinski definition) is 7. The molecule has 0 saturated carbocycles. The first-order valence-corrected chi connectivity index (χ1v) is 6.67. The lowest BCUT2D eigenvalue weighted by Gasteiger charge is -2.01. The number of anilines is 1. The number of aromatic nitrogens is 1. The van der Waals surface area contributed by atoms with Gasteiger partial charge in [-0.1, -0.05) is 0 Å². The summed E-state index contributed by atoms with van der Waals surface area (Å²) in [4.78, 5) is 14.7. The molecule has 0 aliphatic heterocycles. The van der Waals surface area contributed by atoms with Crippen molar-refractivity contribution >= 4 is 32.5 Å². The average molecular weight is 266 g/mol. The van der Waals surface area contributed by atoms with Crippen molar-refractivity contribution in [1.82, 2.24) is 4.98 Å². The zero-order valence-electron chi connectivity index (χ0n) is 8.34. The number of ether oxygens (including phenoxy) is 1. The van der Waals surface area contributed by atoms with Crippen LogP contribution >= 0.6 is 11.3 Å². The molecule has 1 rings (SSSR count). The predicted molar refractivity (Wildman–Crippen MR) is 57.9 cm³/mol. The van der Waals surface area contributed by atoms with Gasteiger partial charge in [-0.25, -0.2) is 18.2 Å². The fourth-order valence-corrected chi connectivity index (χ4v) is 2.57. The Morgan fingerprint density at radius 2 is 2.38 bits per heavy atom. The van der Waals surface area contributed by atoms with Crippen molar-refractivity contribution in [3.63, 3.8) is 0 Å². The van der Waals surface area contributed by atoms with Crippen LogP contribution in [0.15, 0.2) is 5.38 Å². The molecule has 0 fully saturated rings. The molecular formula is C7H10N2O5S2. The molecular weight excluding hydrogens is 256 g/mol. The molecule has 9 heteroatoms. The van der Waals surface area contributed by atoms with E-state index in [1.807, 2.05) is 0 Å². The minimum absolute atomic E-state index is 0.0363. The fourth-order valence-electron chi connectivity index (χ4n) is 0.823. The van der Waals surface area contributed by atoms with E-state index in [4.69, 9.17) is 5.11 Å². The minimum atomic E-state index is -3.61. The van der Waals surface area contributed by atoms with E-state index in [1.165, 1.54) is 12.5 Å². The van der Waals surface area contributed by atoms with Gasteiger partial charge < -0.3 is 9.84 Å². The molecule has 0 atom stereocenters. The van der Waals surface area contributed by atoms with E-state index in [1.54, 1.807) is 0 Å². The van der Waals surface area contributed by atoms with E-state index < -0.39 is 28.4 Å². The molecule has 0 amide bonds. The van der Waals surface area contributed by atoms with Crippen molar-refractivity contribution in [2.75, 3.05) is 24.2 Å². The summed E-state index contributed by atoms with van der Waals surface area (Å²) in [5, 5.41) is 9.94. The smallest absolute Gasteiger partial charge is 0.357 e. The number of carbonyl (C=O) groups excluding carboxylic acids is 1. The summed E-state index contributed by atoms with van der Waals surface area (Å²) in [6.07, 6.45) is 0. The predicted octanol–water partition coefficient (Wildman–Crippen LogP) is -0.336. The summed E-state index contributed by atoms with van der Waals surface area (Å²) in [5.74, 6) is -1.05. The van der Waals surface area contributed by atoms with Crippen molar-refractivity contribution in [3.8, 4) is 0 Å². The molecule has 1 aromatic rings. The van der Waals surface area contributed by atoms with E-state index >= 15 is 0 Å². The molecule has 0 spiro atoms. The lowest BCUT2D eigenvalue weighted by molar-refractivity contribution is 0.0595. The zero-order chi connectivity index (χ0) is 12.2. The topological polar surface area (TPSA) is 106 Å². The lowest BCUT2D eigenvalue weighted by Crippen LogP contribution is -2.18. The molecule has 1 aromatic heterocycles. The molecule has 7 nitrogen and oxygen atoms in total. The molecule has 0 aliphatic rings. The molecule has 0 bridgehead atoms. The molecule has 0 aromatic carbocycles. The van der Waals surface area contributed by atoms with Crippen LogP contribution in [0.25, 0.3) is 0 Å². The number of rotatable bonds is 5. The summed E-state index contributed by atoms with van der Waals surface area (Å²) in [7, 11) is -2.40. The normalized spacial score (nSPS) is 11.1. The van der Waals surface area contributed by atoms with Gasteiger partial charge in [0.05, 0.1) is 19.5 Å². The van der Waals surface area contributed by atoms with Gasteiger partial charge in [-0.05, 0) is 0 Å². The van der Waals surface area contributed by atoms with Crippen LogP contribution in [0.1, 0.15) is 10.5 Å². The highest BCUT2D eigenvalue weighted by Gasteiger charge is 2.15. The average Bonchev–Trinajstić information content (AvgIpc) is 2.64. The number of nitrogens with one attached hydrogen (secondary N) is 1. The number of sulfonamides is 1. The Hall–Kier alpha value is -1.19. The molecule has 0 aliphatic carbocycles. The Labute approximate surface area is 96.1 Å². The molecule has 0 radical (unpaired) electrons. The highest BCUT2D eigenvalue weighted by atomic mass is 32.2. The largest absolute Gasteiger partial charge is 0.464 e. The van der Waals surface area contributed by atoms with Gasteiger partial charge in [0.2, 0.25) is 10.0 Å². The maximum atomic E-state index is 11.2. The standard InChI is InChI=1S/C7H10N2O5S2/c1-14-6(11)5-4-15-7(8-5)9-16(12,13)3-2-10/h4,10H,2-3H2,1H3,(H,8,9). The maximum Gasteiger partial charge on any atom is 0.357 e. The Morgan fingerprint density at radius 1 is 1.69 bits per heavy atom. The third-order valence-corrected chi connectivity index (χ3v) is 3.61. The Balaban J connectivity index is 2.76. The number of thiazole rings is 1. The number of hydrogen-bond donors (Lipinski definition) is 2. The number of aliphatic hydroxyl groups excluding tert-OH is 1. The Morgan fingerprint density at radius 3 is 2.94 bits per heavy atom. The Bertz CT molecular complexity index is 467.